The van der Waals surface area contributed by atoms with Crippen LogP contribution >= 0.6 is 0 Å². The predicted molar refractivity (Wildman–Crippen MR) is 50.3 cm³/mol. The number of aromatic hydroxyl groups is 1. The Hall–Kier alpha value is -1.82. The molecule has 0 spiro atoms. The zero-order valence-electron chi connectivity index (χ0n) is 7.30. The van der Waals surface area contributed by atoms with Gasteiger partial charge in [0.2, 0.25) is 0 Å². The molecule has 76 valence electrons. The van der Waals surface area contributed by atoms with Gasteiger partial charge in [-0.1, -0.05) is 6.07 Å². The van der Waals surface area contributed by atoms with E-state index in [0.717, 1.165) is 0 Å². The van der Waals surface area contributed by atoms with Crippen LogP contribution in [-0.4, -0.2) is 28.3 Å². The molecule has 0 radical (unpaired) electrons. The van der Waals surface area contributed by atoms with Gasteiger partial charge in [-0.3, -0.25) is 10.1 Å². The van der Waals surface area contributed by atoms with Crippen LogP contribution in [0.15, 0.2) is 18.2 Å². The van der Waals surface area contributed by atoms with Gasteiger partial charge < -0.3 is 15.5 Å². The molecule has 6 nitrogen and oxygen atoms in total. The van der Waals surface area contributed by atoms with Crippen molar-refractivity contribution in [1.82, 2.24) is 0 Å². The molecule has 0 amide bonds. The Morgan fingerprint density at radius 2 is 2.21 bits per heavy atom. The third-order valence-corrected chi connectivity index (χ3v) is 1.63. The van der Waals surface area contributed by atoms with Crippen molar-refractivity contribution < 1.29 is 15.1 Å². The van der Waals surface area contributed by atoms with Crippen molar-refractivity contribution in [2.24, 2.45) is 0 Å². The topological polar surface area (TPSA) is 95.6 Å². The van der Waals surface area contributed by atoms with E-state index in [2.05, 4.69) is 5.32 Å². The average Bonchev–Trinajstić information content (AvgIpc) is 2.15. The normalized spacial score (nSPS) is 9.79. The van der Waals surface area contributed by atoms with Gasteiger partial charge in [-0.25, -0.2) is 0 Å². The number of nitro benzene ring substituents is 1. The molecule has 0 aliphatic carbocycles. The third-order valence-electron chi connectivity index (χ3n) is 1.63. The van der Waals surface area contributed by atoms with Crippen LogP contribution in [0.25, 0.3) is 0 Å². The van der Waals surface area contributed by atoms with Crippen LogP contribution in [0.5, 0.6) is 5.75 Å². The van der Waals surface area contributed by atoms with Crippen LogP contribution in [0.2, 0.25) is 0 Å². The van der Waals surface area contributed by atoms with Crippen molar-refractivity contribution in [2.75, 3.05) is 18.5 Å². The summed E-state index contributed by atoms with van der Waals surface area (Å²) in [5.41, 5.74) is -0.176. The number of aliphatic hydroxyl groups excluding tert-OH is 1. The van der Waals surface area contributed by atoms with Gasteiger partial charge in [0.05, 0.1) is 11.5 Å². The van der Waals surface area contributed by atoms with Gasteiger partial charge in [0.25, 0.3) is 5.69 Å². The number of nitrogens with one attached hydrogen (secondary N) is 1. The average molecular weight is 198 g/mol. The molecule has 1 aromatic carbocycles. The minimum Gasteiger partial charge on any atom is -0.506 e. The van der Waals surface area contributed by atoms with Gasteiger partial charge >= 0.3 is 0 Å². The highest BCUT2D eigenvalue weighted by atomic mass is 16.6. The molecule has 0 aliphatic rings. The van der Waals surface area contributed by atoms with E-state index in [0.29, 0.717) is 0 Å². The van der Waals surface area contributed by atoms with E-state index in [-0.39, 0.29) is 30.3 Å². The van der Waals surface area contributed by atoms with Crippen LogP contribution in [0, 0.1) is 10.1 Å². The second-order valence-corrected chi connectivity index (χ2v) is 2.58. The fraction of sp³-hybridized carbons (Fsp3) is 0.250. The molecule has 6 heteroatoms. The van der Waals surface area contributed by atoms with Gasteiger partial charge in [0.15, 0.2) is 5.69 Å². The quantitative estimate of drug-likeness (QED) is 0.376. The Morgan fingerprint density at radius 3 is 2.79 bits per heavy atom. The van der Waals surface area contributed by atoms with E-state index in [1.54, 1.807) is 0 Å². The Balaban J connectivity index is 3.02. The van der Waals surface area contributed by atoms with Gasteiger partial charge in [0, 0.05) is 12.6 Å². The molecule has 14 heavy (non-hydrogen) atoms. The van der Waals surface area contributed by atoms with E-state index < -0.39 is 4.92 Å². The lowest BCUT2D eigenvalue weighted by Crippen LogP contribution is -2.07. The number of hydrogen-bond donors (Lipinski definition) is 3. The van der Waals surface area contributed by atoms with Crippen molar-refractivity contribution in [3.8, 4) is 5.75 Å². The smallest absolute Gasteiger partial charge is 0.296 e. The number of aliphatic hydroxyl groups is 1. The lowest BCUT2D eigenvalue weighted by molar-refractivity contribution is -0.384. The van der Waals surface area contributed by atoms with E-state index >= 15 is 0 Å². The maximum Gasteiger partial charge on any atom is 0.296 e. The van der Waals surface area contributed by atoms with Gasteiger partial charge in [-0.05, 0) is 6.07 Å². The van der Waals surface area contributed by atoms with E-state index in [1.165, 1.54) is 18.2 Å². The molecule has 0 atom stereocenters. The number of phenols is 1. The standard InChI is InChI=1S/C8H10N2O4/c11-5-4-9-8-6(10(13)14)2-1-3-7(8)12/h1-3,9,11-12H,4-5H2. The number of anilines is 1. The van der Waals surface area contributed by atoms with Gasteiger partial charge in [-0.15, -0.1) is 0 Å². The summed E-state index contributed by atoms with van der Waals surface area (Å²) >= 11 is 0. The molecule has 3 N–H and O–H groups in total. The molecule has 0 unspecified atom stereocenters. The molecular weight excluding hydrogens is 188 g/mol. The molecule has 1 aromatic rings. The highest BCUT2D eigenvalue weighted by molar-refractivity contribution is 5.69. The minimum atomic E-state index is -0.598. The summed E-state index contributed by atoms with van der Waals surface area (Å²) < 4.78 is 0. The number of nitrogens with zero attached hydrogens (tertiary/aromatic N) is 1. The number of hydrogen-bond acceptors (Lipinski definition) is 5. The van der Waals surface area contributed by atoms with Crippen molar-refractivity contribution in [3.63, 3.8) is 0 Å². The molecule has 0 heterocycles. The summed E-state index contributed by atoms with van der Waals surface area (Å²) in [5, 5.41) is 31.0. The summed E-state index contributed by atoms with van der Waals surface area (Å²) in [6.07, 6.45) is 0. The number of phenolic OH excluding ortho intramolecular Hbond substituents is 1. The summed E-state index contributed by atoms with van der Waals surface area (Å²) in [7, 11) is 0. The molecule has 0 fully saturated rings. The lowest BCUT2D eigenvalue weighted by atomic mass is 10.2. The zero-order chi connectivity index (χ0) is 10.6. The monoisotopic (exact) mass is 198 g/mol. The Labute approximate surface area is 80.0 Å². The summed E-state index contributed by atoms with van der Waals surface area (Å²) in [4.78, 5) is 9.93. The number of benzene rings is 1. The van der Waals surface area contributed by atoms with Crippen molar-refractivity contribution in [1.29, 1.82) is 0 Å². The second kappa shape index (κ2) is 4.43. The van der Waals surface area contributed by atoms with Crippen molar-refractivity contribution >= 4 is 11.4 Å². The Kier molecular flexibility index (Phi) is 3.24. The first kappa shape index (κ1) is 10.3. The first-order chi connectivity index (χ1) is 6.66. The fourth-order valence-electron chi connectivity index (χ4n) is 1.04. The van der Waals surface area contributed by atoms with Crippen LogP contribution in [0.3, 0.4) is 0 Å². The summed E-state index contributed by atoms with van der Waals surface area (Å²) in [6.45, 7) is -0.0100. The van der Waals surface area contributed by atoms with Crippen LogP contribution in [0.4, 0.5) is 11.4 Å². The van der Waals surface area contributed by atoms with Gasteiger partial charge in [-0.2, -0.15) is 0 Å². The fourth-order valence-corrected chi connectivity index (χ4v) is 1.04. The molecule has 0 bridgehead atoms. The van der Waals surface area contributed by atoms with Crippen molar-refractivity contribution in [3.05, 3.63) is 28.3 Å². The Bertz CT molecular complexity index is 340. The Morgan fingerprint density at radius 1 is 1.50 bits per heavy atom. The zero-order valence-corrected chi connectivity index (χ0v) is 7.30. The summed E-state index contributed by atoms with van der Waals surface area (Å²) in [5.74, 6) is -0.201. The molecule has 0 saturated heterocycles. The maximum absolute atomic E-state index is 10.5. The summed E-state index contributed by atoms with van der Waals surface area (Å²) in [6, 6.07) is 4.00. The van der Waals surface area contributed by atoms with E-state index in [1.807, 2.05) is 0 Å². The lowest BCUT2D eigenvalue weighted by Gasteiger charge is -2.06. The van der Waals surface area contributed by atoms with Gasteiger partial charge in [0.1, 0.15) is 5.75 Å². The van der Waals surface area contributed by atoms with Crippen LogP contribution in [0.1, 0.15) is 0 Å². The van der Waals surface area contributed by atoms with Crippen molar-refractivity contribution in [2.45, 2.75) is 0 Å². The number of nitro groups is 1. The second-order valence-electron chi connectivity index (χ2n) is 2.58. The van der Waals surface area contributed by atoms with Crippen LogP contribution in [-0.2, 0) is 0 Å². The first-order valence-corrected chi connectivity index (χ1v) is 3.98. The third kappa shape index (κ3) is 2.11. The minimum absolute atomic E-state index is 0.0338. The highest BCUT2D eigenvalue weighted by Gasteiger charge is 2.16. The molecule has 1 rings (SSSR count). The van der Waals surface area contributed by atoms with E-state index in [4.69, 9.17) is 5.11 Å². The first-order valence-electron chi connectivity index (χ1n) is 3.98. The SMILES string of the molecule is O=[N+]([O-])c1cccc(O)c1NCCO. The molecule has 0 aromatic heterocycles. The predicted octanol–water partition coefficient (Wildman–Crippen LogP) is 0.705. The number of para-hydroxylation sites is 1. The maximum atomic E-state index is 10.5. The molecular formula is C8H10N2O4. The molecule has 0 aliphatic heterocycles. The number of rotatable bonds is 4. The van der Waals surface area contributed by atoms with E-state index in [9.17, 15) is 15.2 Å². The largest absolute Gasteiger partial charge is 0.506 e. The van der Waals surface area contributed by atoms with Crippen LogP contribution < -0.4 is 5.32 Å². The highest BCUT2D eigenvalue weighted by Crippen LogP contribution is 2.32. The molecule has 0 saturated carbocycles.